The molecule has 0 bridgehead atoms. The molecule has 6 nitrogen and oxygen atoms in total. The van der Waals surface area contributed by atoms with Gasteiger partial charge in [0.1, 0.15) is 5.69 Å². The van der Waals surface area contributed by atoms with Gasteiger partial charge in [0.2, 0.25) is 5.91 Å². The van der Waals surface area contributed by atoms with Crippen molar-refractivity contribution in [2.24, 2.45) is 11.5 Å². The van der Waals surface area contributed by atoms with Crippen LogP contribution in [-0.2, 0) is 28.5 Å². The Morgan fingerprint density at radius 2 is 1.73 bits per heavy atom. The van der Waals surface area contributed by atoms with Crippen LogP contribution in [0.25, 0.3) is 0 Å². The first kappa shape index (κ1) is 28.3. The molecule has 4 N–H and O–H groups in total. The summed E-state index contributed by atoms with van der Waals surface area (Å²) in [7, 11) is 0. The number of hydrogen-bond donors (Lipinski definition) is 2. The fourth-order valence-corrected chi connectivity index (χ4v) is 3.62. The lowest BCUT2D eigenvalue weighted by Crippen LogP contribution is -2.62. The number of benzene rings is 2. The SMILES string of the molecule is Cc1ccc(N(CCc2ccc(C(F)(F)F)nc2)C(=O)Cc2ccccc2)cc1C.NCC1(N)COC1. The minimum Gasteiger partial charge on any atom is -0.377 e. The maximum atomic E-state index is 13.1. The highest BCUT2D eigenvalue weighted by Crippen LogP contribution is 2.27. The van der Waals surface area contributed by atoms with Crippen LogP contribution in [0.4, 0.5) is 18.9 Å². The van der Waals surface area contributed by atoms with E-state index in [0.717, 1.165) is 28.4 Å². The van der Waals surface area contributed by atoms with E-state index in [2.05, 4.69) is 4.98 Å². The van der Waals surface area contributed by atoms with E-state index in [0.29, 0.717) is 38.3 Å². The van der Waals surface area contributed by atoms with Crippen molar-refractivity contribution in [1.82, 2.24) is 4.98 Å². The van der Waals surface area contributed by atoms with Gasteiger partial charge in [0.05, 0.1) is 25.2 Å². The standard InChI is InChI=1S/C24H23F3N2O.C4H10N2O/c1-17-8-10-21(14-18(17)2)29(23(30)15-19-6-4-3-5-7-19)13-12-20-9-11-22(28-16-20)24(25,26)27;5-1-4(6)2-7-3-4/h3-11,14,16H,12-13,15H2,1-2H3;1-3,5-6H2. The third-order valence-corrected chi connectivity index (χ3v) is 6.23. The third kappa shape index (κ3) is 8.11. The number of halogens is 3. The van der Waals surface area contributed by atoms with Gasteiger partial charge in [0.15, 0.2) is 0 Å². The van der Waals surface area contributed by atoms with Gasteiger partial charge in [0.25, 0.3) is 0 Å². The highest BCUT2D eigenvalue weighted by molar-refractivity contribution is 5.94. The van der Waals surface area contributed by atoms with Crippen molar-refractivity contribution in [1.29, 1.82) is 0 Å². The number of alkyl halides is 3. The van der Waals surface area contributed by atoms with Crippen molar-refractivity contribution in [2.75, 3.05) is 31.2 Å². The number of rotatable bonds is 7. The molecule has 1 aromatic heterocycles. The lowest BCUT2D eigenvalue weighted by atomic mass is 10.0. The first-order valence-electron chi connectivity index (χ1n) is 12.0. The molecule has 2 heterocycles. The second-order valence-corrected chi connectivity index (χ2v) is 9.34. The summed E-state index contributed by atoms with van der Waals surface area (Å²) in [5.74, 6) is -0.0654. The van der Waals surface area contributed by atoms with E-state index in [1.807, 2.05) is 62.4 Å². The monoisotopic (exact) mass is 514 g/mol. The summed E-state index contributed by atoms with van der Waals surface area (Å²) in [6, 6.07) is 17.7. The van der Waals surface area contributed by atoms with Gasteiger partial charge in [-0.05, 0) is 60.7 Å². The van der Waals surface area contributed by atoms with Gasteiger partial charge in [-0.15, -0.1) is 0 Å². The van der Waals surface area contributed by atoms with Gasteiger partial charge in [-0.1, -0.05) is 42.5 Å². The maximum absolute atomic E-state index is 13.1. The van der Waals surface area contributed by atoms with E-state index < -0.39 is 11.9 Å². The molecule has 0 unspecified atom stereocenters. The van der Waals surface area contributed by atoms with E-state index in [1.165, 1.54) is 12.3 Å². The van der Waals surface area contributed by atoms with Gasteiger partial charge >= 0.3 is 6.18 Å². The lowest BCUT2D eigenvalue weighted by Gasteiger charge is -2.36. The number of pyridine rings is 1. The van der Waals surface area contributed by atoms with Crippen LogP contribution in [0.1, 0.15) is 27.9 Å². The number of nitrogens with zero attached hydrogens (tertiary/aromatic N) is 2. The van der Waals surface area contributed by atoms with Gasteiger partial charge < -0.3 is 21.1 Å². The number of hydrogen-bond acceptors (Lipinski definition) is 5. The predicted molar refractivity (Wildman–Crippen MR) is 138 cm³/mol. The number of amides is 1. The van der Waals surface area contributed by atoms with E-state index in [4.69, 9.17) is 16.2 Å². The summed E-state index contributed by atoms with van der Waals surface area (Å²) in [6.07, 6.45) is -2.59. The first-order valence-corrected chi connectivity index (χ1v) is 12.0. The van der Waals surface area contributed by atoms with Crippen molar-refractivity contribution in [2.45, 2.75) is 38.4 Å². The molecule has 0 atom stereocenters. The molecule has 9 heteroatoms. The van der Waals surface area contributed by atoms with Gasteiger partial charge in [-0.25, -0.2) is 0 Å². The molecule has 1 fully saturated rings. The zero-order valence-electron chi connectivity index (χ0n) is 21.1. The molecule has 1 aliphatic rings. The molecule has 1 amide bonds. The smallest absolute Gasteiger partial charge is 0.377 e. The summed E-state index contributed by atoms with van der Waals surface area (Å²) in [5.41, 5.74) is 14.2. The largest absolute Gasteiger partial charge is 0.433 e. The van der Waals surface area contributed by atoms with Crippen molar-refractivity contribution >= 4 is 11.6 Å². The second-order valence-electron chi connectivity index (χ2n) is 9.34. The van der Waals surface area contributed by atoms with Gasteiger partial charge in [-0.3, -0.25) is 9.78 Å². The number of aryl methyl sites for hydroxylation is 2. The van der Waals surface area contributed by atoms with Crippen LogP contribution in [0, 0.1) is 13.8 Å². The molecular weight excluding hydrogens is 481 g/mol. The summed E-state index contributed by atoms with van der Waals surface area (Å²) in [4.78, 5) is 18.3. The van der Waals surface area contributed by atoms with E-state index in [-0.39, 0.29) is 17.9 Å². The number of carbonyl (C=O) groups is 1. The average molecular weight is 515 g/mol. The minimum atomic E-state index is -4.46. The molecule has 1 aliphatic heterocycles. The Labute approximate surface area is 215 Å². The van der Waals surface area contributed by atoms with Crippen LogP contribution in [0.3, 0.4) is 0 Å². The molecule has 37 heavy (non-hydrogen) atoms. The Bertz CT molecular complexity index is 1160. The molecule has 0 radical (unpaired) electrons. The molecular formula is C28H33F3N4O2. The van der Waals surface area contributed by atoms with E-state index >= 15 is 0 Å². The molecule has 1 saturated heterocycles. The number of ether oxygens (including phenoxy) is 1. The van der Waals surface area contributed by atoms with Crippen LogP contribution >= 0.6 is 0 Å². The quantitative estimate of drug-likeness (QED) is 0.493. The van der Waals surface area contributed by atoms with Gasteiger partial charge in [0, 0.05) is 25.0 Å². The average Bonchev–Trinajstić information content (AvgIpc) is 2.85. The Kier molecular flexibility index (Phi) is 9.42. The molecule has 2 aromatic carbocycles. The predicted octanol–water partition coefficient (Wildman–Crippen LogP) is 4.21. The zero-order chi connectivity index (χ0) is 27.1. The van der Waals surface area contributed by atoms with Crippen LogP contribution in [-0.4, -0.2) is 42.7 Å². The fraction of sp³-hybridized carbons (Fsp3) is 0.357. The normalized spacial score (nSPS) is 14.2. The Morgan fingerprint density at radius 1 is 1.03 bits per heavy atom. The molecule has 198 valence electrons. The molecule has 0 spiro atoms. The van der Waals surface area contributed by atoms with Crippen molar-refractivity contribution in [3.63, 3.8) is 0 Å². The van der Waals surface area contributed by atoms with Crippen LogP contribution in [0.15, 0.2) is 66.9 Å². The number of nitrogens with two attached hydrogens (primary N) is 2. The molecule has 3 aromatic rings. The second kappa shape index (κ2) is 12.3. The molecule has 4 rings (SSSR count). The van der Waals surface area contributed by atoms with Crippen LogP contribution < -0.4 is 16.4 Å². The van der Waals surface area contributed by atoms with E-state index in [9.17, 15) is 18.0 Å². The van der Waals surface area contributed by atoms with Crippen molar-refractivity contribution in [3.05, 3.63) is 94.8 Å². The van der Waals surface area contributed by atoms with Gasteiger partial charge in [-0.2, -0.15) is 13.2 Å². The number of aromatic nitrogens is 1. The topological polar surface area (TPSA) is 94.5 Å². The maximum Gasteiger partial charge on any atom is 0.433 e. The lowest BCUT2D eigenvalue weighted by molar-refractivity contribution is -0.141. The Hall–Kier alpha value is -3.27. The summed E-state index contributed by atoms with van der Waals surface area (Å²) < 4.78 is 43.0. The number of carbonyl (C=O) groups excluding carboxylic acids is 1. The molecule has 0 saturated carbocycles. The fourth-order valence-electron chi connectivity index (χ4n) is 3.62. The van der Waals surface area contributed by atoms with E-state index in [1.54, 1.807) is 4.90 Å². The highest BCUT2D eigenvalue weighted by atomic mass is 19.4. The Morgan fingerprint density at radius 3 is 2.22 bits per heavy atom. The van der Waals surface area contributed by atoms with Crippen molar-refractivity contribution in [3.8, 4) is 0 Å². The summed E-state index contributed by atoms with van der Waals surface area (Å²) in [5, 5.41) is 0. The van der Waals surface area contributed by atoms with Crippen molar-refractivity contribution < 1.29 is 22.7 Å². The minimum absolute atomic E-state index is 0.0654. The first-order chi connectivity index (χ1) is 17.5. The third-order valence-electron chi connectivity index (χ3n) is 6.23. The number of anilines is 1. The summed E-state index contributed by atoms with van der Waals surface area (Å²) in [6.45, 7) is 6.13. The highest BCUT2D eigenvalue weighted by Gasteiger charge is 2.32. The summed E-state index contributed by atoms with van der Waals surface area (Å²) >= 11 is 0. The molecule has 0 aliphatic carbocycles. The van der Waals surface area contributed by atoms with Crippen LogP contribution in [0.5, 0.6) is 0 Å². The zero-order valence-corrected chi connectivity index (χ0v) is 21.1. The Balaban J connectivity index is 0.000000468. The van der Waals surface area contributed by atoms with Crippen LogP contribution in [0.2, 0.25) is 0 Å².